The number of ether oxygens (including phenoxy) is 1. The third-order valence-electron chi connectivity index (χ3n) is 3.36. The van der Waals surface area contributed by atoms with Gasteiger partial charge in [-0.3, -0.25) is 4.79 Å². The summed E-state index contributed by atoms with van der Waals surface area (Å²) in [5, 5.41) is 3.35. The van der Waals surface area contributed by atoms with Crippen molar-refractivity contribution in [2.75, 3.05) is 5.32 Å². The fourth-order valence-electron chi connectivity index (χ4n) is 2.20. The van der Waals surface area contributed by atoms with Gasteiger partial charge in [0.05, 0.1) is 5.56 Å². The van der Waals surface area contributed by atoms with Gasteiger partial charge in [0.2, 0.25) is 0 Å². The second-order valence-electron chi connectivity index (χ2n) is 5.20. The molecule has 128 valence electrons. The van der Waals surface area contributed by atoms with E-state index in [-0.39, 0.29) is 5.56 Å². The normalized spacial score (nSPS) is 12.0. The average molecular weight is 379 g/mol. The predicted molar refractivity (Wildman–Crippen MR) is 94.0 cm³/mol. The number of anilines is 1. The molecular weight excluding hydrogens is 367 g/mol. The van der Waals surface area contributed by atoms with Gasteiger partial charge in [-0.2, -0.15) is 0 Å². The molecule has 0 aliphatic carbocycles. The maximum Gasteiger partial charge on any atom is 0.341 e. The molecule has 25 heavy (non-hydrogen) atoms. The summed E-state index contributed by atoms with van der Waals surface area (Å²) in [5.41, 5.74) is 1.46. The summed E-state index contributed by atoms with van der Waals surface area (Å²) in [5.74, 6) is -1.19. The highest BCUT2D eigenvalue weighted by molar-refractivity contribution is 6.35. The van der Waals surface area contributed by atoms with Crippen molar-refractivity contribution in [2.24, 2.45) is 0 Å². The van der Waals surface area contributed by atoms with Crippen LogP contribution in [0.1, 0.15) is 17.3 Å². The van der Waals surface area contributed by atoms with Crippen molar-refractivity contribution < 1.29 is 18.7 Å². The summed E-state index contributed by atoms with van der Waals surface area (Å²) in [7, 11) is 0. The first-order valence-corrected chi connectivity index (χ1v) is 8.00. The molecule has 0 bridgehead atoms. The van der Waals surface area contributed by atoms with Crippen LogP contribution in [0.2, 0.25) is 10.0 Å². The standard InChI is InChI=1S/C17H12Cl2N2O4/c1-9(16(22)21-12-6-10(18)5-11(19)7-12)25-17(23)13-3-2-4-14-15(13)20-8-24-14/h2-9H,1H3,(H,21,22). The zero-order chi connectivity index (χ0) is 18.0. The lowest BCUT2D eigenvalue weighted by atomic mass is 10.2. The van der Waals surface area contributed by atoms with E-state index in [0.717, 1.165) is 0 Å². The number of carbonyl (C=O) groups excluding carboxylic acids is 2. The van der Waals surface area contributed by atoms with Gasteiger partial charge in [0, 0.05) is 15.7 Å². The number of aromatic nitrogens is 1. The van der Waals surface area contributed by atoms with Crippen LogP contribution in [0.25, 0.3) is 11.1 Å². The zero-order valence-electron chi connectivity index (χ0n) is 13.0. The number of halogens is 2. The number of fused-ring (bicyclic) bond motifs is 1. The highest BCUT2D eigenvalue weighted by Crippen LogP contribution is 2.23. The first-order chi connectivity index (χ1) is 11.9. The number of hydrogen-bond donors (Lipinski definition) is 1. The van der Waals surface area contributed by atoms with Crippen molar-refractivity contribution in [3.63, 3.8) is 0 Å². The van der Waals surface area contributed by atoms with Gasteiger partial charge in [0.25, 0.3) is 5.91 Å². The number of benzene rings is 2. The lowest BCUT2D eigenvalue weighted by molar-refractivity contribution is -0.123. The van der Waals surface area contributed by atoms with Crippen LogP contribution >= 0.6 is 23.2 Å². The predicted octanol–water partition coefficient (Wildman–Crippen LogP) is 4.32. The number of nitrogens with one attached hydrogen (secondary N) is 1. The molecular formula is C17H12Cl2N2O4. The van der Waals surface area contributed by atoms with Gasteiger partial charge in [-0.25, -0.2) is 9.78 Å². The van der Waals surface area contributed by atoms with Gasteiger partial charge in [-0.1, -0.05) is 29.3 Å². The Morgan fingerprint density at radius 1 is 1.20 bits per heavy atom. The number of amides is 1. The summed E-state index contributed by atoms with van der Waals surface area (Å²) in [4.78, 5) is 28.5. The van der Waals surface area contributed by atoms with Crippen molar-refractivity contribution in [1.82, 2.24) is 4.98 Å². The Morgan fingerprint density at radius 3 is 2.64 bits per heavy atom. The minimum absolute atomic E-state index is 0.219. The Labute approximate surface area is 152 Å². The molecule has 0 aliphatic heterocycles. The molecule has 0 saturated carbocycles. The van der Waals surface area contributed by atoms with Gasteiger partial charge >= 0.3 is 5.97 Å². The molecule has 8 heteroatoms. The lowest BCUT2D eigenvalue weighted by Gasteiger charge is -2.14. The summed E-state index contributed by atoms with van der Waals surface area (Å²) in [6, 6.07) is 9.49. The summed E-state index contributed by atoms with van der Waals surface area (Å²) >= 11 is 11.8. The Morgan fingerprint density at radius 2 is 1.92 bits per heavy atom. The molecule has 1 heterocycles. The van der Waals surface area contributed by atoms with Crippen LogP contribution < -0.4 is 5.32 Å². The van der Waals surface area contributed by atoms with Crippen LogP contribution in [0.4, 0.5) is 5.69 Å². The van der Waals surface area contributed by atoms with E-state index in [4.69, 9.17) is 32.4 Å². The van der Waals surface area contributed by atoms with E-state index in [2.05, 4.69) is 10.3 Å². The zero-order valence-corrected chi connectivity index (χ0v) is 14.5. The van der Waals surface area contributed by atoms with E-state index in [9.17, 15) is 9.59 Å². The van der Waals surface area contributed by atoms with Gasteiger partial charge in [0.1, 0.15) is 5.52 Å². The summed E-state index contributed by atoms with van der Waals surface area (Å²) in [6.07, 6.45) is 0.202. The quantitative estimate of drug-likeness (QED) is 0.683. The Balaban J connectivity index is 1.70. The van der Waals surface area contributed by atoms with Gasteiger partial charge in [-0.15, -0.1) is 0 Å². The molecule has 3 rings (SSSR count). The number of oxazole rings is 1. The number of nitrogens with zero attached hydrogens (tertiary/aromatic N) is 1. The molecule has 1 N–H and O–H groups in total. The molecule has 0 fully saturated rings. The molecule has 0 aliphatic rings. The van der Waals surface area contributed by atoms with E-state index >= 15 is 0 Å². The number of para-hydroxylation sites is 1. The van der Waals surface area contributed by atoms with Gasteiger partial charge in [-0.05, 0) is 37.3 Å². The van der Waals surface area contributed by atoms with Crippen LogP contribution in [-0.2, 0) is 9.53 Å². The molecule has 1 amide bonds. The van der Waals surface area contributed by atoms with E-state index in [0.29, 0.717) is 26.8 Å². The second kappa shape index (κ2) is 7.13. The minimum Gasteiger partial charge on any atom is -0.449 e. The minimum atomic E-state index is -1.03. The lowest BCUT2D eigenvalue weighted by Crippen LogP contribution is -2.30. The molecule has 2 aromatic carbocycles. The summed E-state index contributed by atoms with van der Waals surface area (Å²) < 4.78 is 10.3. The van der Waals surface area contributed by atoms with E-state index in [1.165, 1.54) is 25.5 Å². The topological polar surface area (TPSA) is 81.4 Å². The van der Waals surface area contributed by atoms with E-state index < -0.39 is 18.0 Å². The molecule has 1 aromatic heterocycles. The molecule has 0 saturated heterocycles. The Hall–Kier alpha value is -2.57. The average Bonchev–Trinajstić information content (AvgIpc) is 3.02. The molecule has 3 aromatic rings. The van der Waals surface area contributed by atoms with Crippen LogP contribution in [0, 0.1) is 0 Å². The maximum absolute atomic E-state index is 12.3. The smallest absolute Gasteiger partial charge is 0.341 e. The summed E-state index contributed by atoms with van der Waals surface area (Å²) in [6.45, 7) is 1.46. The maximum atomic E-state index is 12.3. The van der Waals surface area contributed by atoms with E-state index in [1.807, 2.05) is 0 Å². The van der Waals surface area contributed by atoms with Gasteiger partial charge in [0.15, 0.2) is 18.1 Å². The number of hydrogen-bond acceptors (Lipinski definition) is 5. The molecule has 6 nitrogen and oxygen atoms in total. The van der Waals surface area contributed by atoms with Crippen molar-refractivity contribution in [1.29, 1.82) is 0 Å². The number of carbonyl (C=O) groups is 2. The van der Waals surface area contributed by atoms with Crippen molar-refractivity contribution in [3.05, 3.63) is 58.4 Å². The van der Waals surface area contributed by atoms with Crippen molar-refractivity contribution >= 4 is 51.9 Å². The van der Waals surface area contributed by atoms with Crippen molar-refractivity contribution in [2.45, 2.75) is 13.0 Å². The monoisotopic (exact) mass is 378 g/mol. The highest BCUT2D eigenvalue weighted by Gasteiger charge is 2.21. The molecule has 1 atom stereocenters. The van der Waals surface area contributed by atoms with E-state index in [1.54, 1.807) is 24.3 Å². The Bertz CT molecular complexity index is 934. The van der Waals surface area contributed by atoms with Crippen molar-refractivity contribution in [3.8, 4) is 0 Å². The fraction of sp³-hybridized carbons (Fsp3) is 0.118. The largest absolute Gasteiger partial charge is 0.449 e. The first-order valence-electron chi connectivity index (χ1n) is 7.24. The fourth-order valence-corrected chi connectivity index (χ4v) is 2.72. The van der Waals surface area contributed by atoms with Crippen LogP contribution in [0.5, 0.6) is 0 Å². The molecule has 0 spiro atoms. The number of rotatable bonds is 4. The number of esters is 1. The SMILES string of the molecule is CC(OC(=O)c1cccc2ocnc12)C(=O)Nc1cc(Cl)cc(Cl)c1. The third kappa shape index (κ3) is 3.92. The van der Waals surface area contributed by atoms with Gasteiger partial charge < -0.3 is 14.5 Å². The first kappa shape index (κ1) is 17.3. The van der Waals surface area contributed by atoms with Crippen LogP contribution in [-0.4, -0.2) is 23.0 Å². The van der Waals surface area contributed by atoms with Crippen LogP contribution in [0.15, 0.2) is 47.2 Å². The molecule has 0 radical (unpaired) electrons. The van der Waals surface area contributed by atoms with Crippen LogP contribution in [0.3, 0.4) is 0 Å². The second-order valence-corrected chi connectivity index (χ2v) is 6.07. The third-order valence-corrected chi connectivity index (χ3v) is 3.80. The Kier molecular flexibility index (Phi) is 4.92. The highest BCUT2D eigenvalue weighted by atomic mass is 35.5. The molecule has 1 unspecified atom stereocenters.